The minimum Gasteiger partial charge on any atom is -0.507 e. The van der Waals surface area contributed by atoms with Gasteiger partial charge in [-0.15, -0.1) is 0 Å². The highest BCUT2D eigenvalue weighted by Crippen LogP contribution is 2.43. The number of amides is 2. The Morgan fingerprint density at radius 3 is 2.53 bits per heavy atom. The molecule has 2 aliphatic heterocycles. The third-order valence-corrected chi connectivity index (χ3v) is 7.57. The van der Waals surface area contributed by atoms with Crippen molar-refractivity contribution in [2.24, 2.45) is 0 Å². The quantitative estimate of drug-likeness (QED) is 0.653. The molecule has 1 saturated heterocycles. The summed E-state index contributed by atoms with van der Waals surface area (Å²) < 4.78 is 12.5. The van der Waals surface area contributed by atoms with E-state index in [1.165, 1.54) is 0 Å². The van der Waals surface area contributed by atoms with Gasteiger partial charge in [0.25, 0.3) is 5.24 Å². The molecular weight excluding hydrogens is 426 g/mol. The molecule has 2 atom stereocenters. The minimum atomic E-state index is -0.453. The SMILES string of the molecule is Cc1c(C)c2c(c(C)c1O)CCC(C)(COc1ccc(CCC3SC(=O)NC3=O)cc1)O2. The summed E-state index contributed by atoms with van der Waals surface area (Å²) in [5.74, 6) is 1.81. The Bertz CT molecular complexity index is 1070. The Morgan fingerprint density at radius 1 is 1.16 bits per heavy atom. The summed E-state index contributed by atoms with van der Waals surface area (Å²) in [5, 5.41) is 12.1. The monoisotopic (exact) mass is 455 g/mol. The van der Waals surface area contributed by atoms with E-state index in [4.69, 9.17) is 9.47 Å². The van der Waals surface area contributed by atoms with Crippen LogP contribution in [0.1, 0.15) is 47.6 Å². The van der Waals surface area contributed by atoms with Crippen LogP contribution in [-0.2, 0) is 17.6 Å². The minimum absolute atomic E-state index is 0.196. The summed E-state index contributed by atoms with van der Waals surface area (Å²) in [5.41, 5.74) is 4.48. The highest BCUT2D eigenvalue weighted by Gasteiger charge is 2.35. The Balaban J connectivity index is 1.36. The predicted molar refractivity (Wildman–Crippen MR) is 125 cm³/mol. The van der Waals surface area contributed by atoms with Crippen LogP contribution in [0.2, 0.25) is 0 Å². The molecule has 4 rings (SSSR count). The molecule has 0 aromatic heterocycles. The standard InChI is InChI=1S/C25H29NO5S/c1-14-15(2)22-19(16(3)21(14)27)11-12-25(4,31-22)13-30-18-8-5-17(6-9-18)7-10-20-23(28)26-24(29)32-20/h5-6,8-9,20,27H,7,10-13H2,1-4H3,(H,26,28,29). The van der Waals surface area contributed by atoms with Gasteiger partial charge in [0.1, 0.15) is 29.5 Å². The van der Waals surface area contributed by atoms with Gasteiger partial charge in [0.2, 0.25) is 5.91 Å². The lowest BCUT2D eigenvalue weighted by molar-refractivity contribution is -0.119. The number of hydrogen-bond acceptors (Lipinski definition) is 6. The van der Waals surface area contributed by atoms with E-state index in [9.17, 15) is 14.7 Å². The largest absolute Gasteiger partial charge is 0.507 e. The number of carbonyl (C=O) groups excluding carboxylic acids is 2. The Hall–Kier alpha value is -2.67. The molecule has 2 amide bonds. The second kappa shape index (κ2) is 8.70. The summed E-state index contributed by atoms with van der Waals surface area (Å²) in [6.07, 6.45) is 2.99. The fraction of sp³-hybridized carbons (Fsp3) is 0.440. The number of phenolic OH excluding ortho intramolecular Hbond substituents is 1. The van der Waals surface area contributed by atoms with E-state index in [2.05, 4.69) is 12.2 Å². The first-order valence-corrected chi connectivity index (χ1v) is 11.8. The lowest BCUT2D eigenvalue weighted by Gasteiger charge is -2.37. The van der Waals surface area contributed by atoms with Gasteiger partial charge in [-0.25, -0.2) is 0 Å². The van der Waals surface area contributed by atoms with Crippen LogP contribution in [0.25, 0.3) is 0 Å². The van der Waals surface area contributed by atoms with Gasteiger partial charge in [-0.2, -0.15) is 0 Å². The number of thioether (sulfide) groups is 1. The van der Waals surface area contributed by atoms with E-state index in [0.717, 1.165) is 70.3 Å². The molecular formula is C25H29NO5S. The molecule has 2 aromatic carbocycles. The molecule has 0 spiro atoms. The number of aromatic hydroxyl groups is 1. The summed E-state index contributed by atoms with van der Waals surface area (Å²) in [4.78, 5) is 23.0. The smallest absolute Gasteiger partial charge is 0.286 e. The molecule has 32 heavy (non-hydrogen) atoms. The molecule has 2 aliphatic rings. The van der Waals surface area contributed by atoms with Gasteiger partial charge in [0, 0.05) is 5.56 Å². The molecule has 170 valence electrons. The van der Waals surface area contributed by atoms with Crippen LogP contribution < -0.4 is 14.8 Å². The highest BCUT2D eigenvalue weighted by molar-refractivity contribution is 8.15. The number of carbonyl (C=O) groups is 2. The number of phenols is 1. The van der Waals surface area contributed by atoms with Crippen LogP contribution in [0.15, 0.2) is 24.3 Å². The summed E-state index contributed by atoms with van der Waals surface area (Å²) in [6, 6.07) is 7.85. The van der Waals surface area contributed by atoms with Crippen molar-refractivity contribution >= 4 is 22.9 Å². The summed E-state index contributed by atoms with van der Waals surface area (Å²) in [6.45, 7) is 8.34. The third kappa shape index (κ3) is 4.44. The van der Waals surface area contributed by atoms with Crippen LogP contribution >= 0.6 is 11.8 Å². The van der Waals surface area contributed by atoms with Crippen molar-refractivity contribution in [2.75, 3.05) is 6.61 Å². The fourth-order valence-electron chi connectivity index (χ4n) is 4.27. The second-order valence-electron chi connectivity index (χ2n) is 8.94. The van der Waals surface area contributed by atoms with Gasteiger partial charge in [-0.05, 0) is 87.8 Å². The number of nitrogens with one attached hydrogen (secondary N) is 1. The van der Waals surface area contributed by atoms with Crippen LogP contribution in [0.3, 0.4) is 0 Å². The van der Waals surface area contributed by atoms with E-state index in [-0.39, 0.29) is 16.4 Å². The topological polar surface area (TPSA) is 84.9 Å². The number of imide groups is 1. The van der Waals surface area contributed by atoms with E-state index >= 15 is 0 Å². The van der Waals surface area contributed by atoms with Crippen molar-refractivity contribution in [3.8, 4) is 17.2 Å². The average Bonchev–Trinajstić information content (AvgIpc) is 3.11. The van der Waals surface area contributed by atoms with E-state index in [1.54, 1.807) is 0 Å². The van der Waals surface area contributed by atoms with Crippen molar-refractivity contribution in [1.82, 2.24) is 5.32 Å². The first-order valence-electron chi connectivity index (χ1n) is 10.9. The van der Waals surface area contributed by atoms with Crippen molar-refractivity contribution < 1.29 is 24.2 Å². The zero-order valence-corrected chi connectivity index (χ0v) is 19.7. The maximum Gasteiger partial charge on any atom is 0.286 e. The van der Waals surface area contributed by atoms with Gasteiger partial charge in [0.05, 0.1) is 5.25 Å². The molecule has 0 saturated carbocycles. The van der Waals surface area contributed by atoms with Gasteiger partial charge < -0.3 is 14.6 Å². The molecule has 7 heteroatoms. The van der Waals surface area contributed by atoms with Crippen molar-refractivity contribution in [2.45, 2.75) is 64.2 Å². The average molecular weight is 456 g/mol. The first kappa shape index (κ1) is 22.5. The van der Waals surface area contributed by atoms with Crippen molar-refractivity contribution in [1.29, 1.82) is 0 Å². The Morgan fingerprint density at radius 2 is 1.88 bits per heavy atom. The van der Waals surface area contributed by atoms with E-state index in [1.807, 2.05) is 45.0 Å². The van der Waals surface area contributed by atoms with Gasteiger partial charge in [-0.3, -0.25) is 14.9 Å². The van der Waals surface area contributed by atoms with Crippen molar-refractivity contribution in [3.05, 3.63) is 52.1 Å². The zero-order chi connectivity index (χ0) is 23.0. The molecule has 1 fully saturated rings. The maximum atomic E-state index is 11.7. The predicted octanol–water partition coefficient (Wildman–Crippen LogP) is 4.76. The first-order chi connectivity index (χ1) is 15.2. The van der Waals surface area contributed by atoms with Gasteiger partial charge in [-0.1, -0.05) is 23.9 Å². The lowest BCUT2D eigenvalue weighted by Crippen LogP contribution is -2.42. The van der Waals surface area contributed by atoms with E-state index < -0.39 is 5.60 Å². The third-order valence-electron chi connectivity index (χ3n) is 6.52. The maximum absolute atomic E-state index is 11.7. The second-order valence-corrected chi connectivity index (χ2v) is 10.1. The fourth-order valence-corrected chi connectivity index (χ4v) is 5.09. The molecule has 2 heterocycles. The number of hydrogen-bond donors (Lipinski definition) is 2. The Labute approximate surface area is 192 Å². The van der Waals surface area contributed by atoms with Crippen molar-refractivity contribution in [3.63, 3.8) is 0 Å². The molecule has 6 nitrogen and oxygen atoms in total. The Kier molecular flexibility index (Phi) is 6.12. The summed E-state index contributed by atoms with van der Waals surface area (Å²) in [7, 11) is 0. The normalized spacial score (nSPS) is 22.3. The highest BCUT2D eigenvalue weighted by atomic mass is 32.2. The number of benzene rings is 2. The van der Waals surface area contributed by atoms with Crippen LogP contribution in [0.4, 0.5) is 4.79 Å². The zero-order valence-electron chi connectivity index (χ0n) is 18.9. The lowest BCUT2D eigenvalue weighted by atomic mass is 9.87. The summed E-state index contributed by atoms with van der Waals surface area (Å²) >= 11 is 1.07. The number of aryl methyl sites for hydroxylation is 1. The number of fused-ring (bicyclic) bond motifs is 1. The molecule has 0 radical (unpaired) electrons. The van der Waals surface area contributed by atoms with Gasteiger partial charge >= 0.3 is 0 Å². The van der Waals surface area contributed by atoms with Crippen LogP contribution in [0, 0.1) is 20.8 Å². The van der Waals surface area contributed by atoms with E-state index in [0.29, 0.717) is 18.8 Å². The van der Waals surface area contributed by atoms with Crippen LogP contribution in [0.5, 0.6) is 17.2 Å². The number of rotatable bonds is 6. The molecule has 0 bridgehead atoms. The van der Waals surface area contributed by atoms with Gasteiger partial charge in [0.15, 0.2) is 0 Å². The molecule has 2 aromatic rings. The molecule has 2 N–H and O–H groups in total. The molecule has 2 unspecified atom stereocenters. The number of ether oxygens (including phenoxy) is 2. The molecule has 0 aliphatic carbocycles. The van der Waals surface area contributed by atoms with Crippen LogP contribution in [-0.4, -0.2) is 33.7 Å².